The Labute approximate surface area is 293 Å². The zero-order valence-electron chi connectivity index (χ0n) is 31.8. The molecule has 10 atom stereocenters. The van der Waals surface area contributed by atoms with Crippen LogP contribution in [0.5, 0.6) is 0 Å². The highest BCUT2D eigenvalue weighted by atomic mass is 16.5. The fourth-order valence-electron chi connectivity index (χ4n) is 13.7. The topological polar surface area (TPSA) is 55.4 Å². The van der Waals surface area contributed by atoms with Crippen molar-refractivity contribution in [3.63, 3.8) is 0 Å². The lowest BCUT2D eigenvalue weighted by Crippen LogP contribution is -2.66. The van der Waals surface area contributed by atoms with Crippen molar-refractivity contribution in [1.82, 2.24) is 5.32 Å². The third-order valence-corrected chi connectivity index (χ3v) is 16.3. The number of fused-ring (bicyclic) bond motifs is 7. The van der Waals surface area contributed by atoms with Crippen LogP contribution in [-0.2, 0) is 20.9 Å². The Morgan fingerprint density at radius 1 is 0.917 bits per heavy atom. The molecule has 5 fully saturated rings. The zero-order valence-corrected chi connectivity index (χ0v) is 31.8. The minimum Gasteiger partial charge on any atom is -0.462 e. The van der Waals surface area contributed by atoms with Crippen LogP contribution in [0.4, 0.5) is 0 Å². The summed E-state index contributed by atoms with van der Waals surface area (Å²) in [6, 6.07) is 10.9. The average Bonchev–Trinajstić information content (AvgIpc) is 3.41. The van der Waals surface area contributed by atoms with E-state index in [1.807, 2.05) is 13.8 Å². The Kier molecular flexibility index (Phi) is 9.48. The number of hydrogen-bond donors (Lipinski definition) is 1. The molecule has 1 N–H and O–H groups in total. The second-order valence-electron chi connectivity index (χ2n) is 19.6. The minimum absolute atomic E-state index is 0.0811. The highest BCUT2D eigenvalue weighted by molar-refractivity contribution is 5.75. The number of nitrogens with one attached hydrogen (secondary N) is 1. The van der Waals surface area contributed by atoms with Crippen molar-refractivity contribution < 1.29 is 14.3 Å². The Morgan fingerprint density at radius 3 is 2.33 bits per heavy atom. The van der Waals surface area contributed by atoms with Crippen LogP contribution in [-0.4, -0.2) is 24.9 Å². The number of benzene rings is 1. The van der Waals surface area contributed by atoms with E-state index in [1.54, 1.807) is 0 Å². The lowest BCUT2D eigenvalue weighted by molar-refractivity contribution is -0.250. The Balaban J connectivity index is 1.21. The molecule has 1 aromatic carbocycles. The molecule has 0 radical (unpaired) electrons. The highest BCUT2D eigenvalue weighted by Crippen LogP contribution is 2.78. The van der Waals surface area contributed by atoms with Crippen LogP contribution in [0, 0.1) is 62.1 Å². The summed E-state index contributed by atoms with van der Waals surface area (Å²) in [5, 5.41) is 3.84. The predicted octanol–water partition coefficient (Wildman–Crippen LogP) is 10.4. The smallest absolute Gasteiger partial charge is 0.307 e. The molecule has 5 unspecified atom stereocenters. The van der Waals surface area contributed by atoms with Gasteiger partial charge in [0.05, 0.1) is 6.42 Å². The summed E-state index contributed by atoms with van der Waals surface area (Å²) in [5.74, 6) is 3.17. The van der Waals surface area contributed by atoms with Crippen LogP contribution in [0.3, 0.4) is 0 Å². The van der Waals surface area contributed by atoms with Crippen molar-refractivity contribution in [2.75, 3.05) is 6.54 Å². The molecule has 0 spiro atoms. The molecule has 5 saturated carbocycles. The van der Waals surface area contributed by atoms with E-state index in [0.29, 0.717) is 34.0 Å². The van der Waals surface area contributed by atoms with Crippen molar-refractivity contribution in [3.8, 4) is 0 Å². The number of esters is 1. The summed E-state index contributed by atoms with van der Waals surface area (Å²) in [4.78, 5) is 24.6. The SMILES string of the molecule is C=C(C)[C@@H]1CCC2(CCNCc3ccccc3)CC[C@]3(C)C(CC[C@@H]4C5(C)CCC(OC(=O)CC(C)(C)C=O)C(C)(C)[C@@H]5CCC43C)[C@@H]12. The molecule has 0 bridgehead atoms. The van der Waals surface area contributed by atoms with E-state index in [1.165, 1.54) is 68.9 Å². The largest absolute Gasteiger partial charge is 0.462 e. The Morgan fingerprint density at radius 2 is 1.65 bits per heavy atom. The molecule has 5 aliphatic rings. The number of rotatable bonds is 10. The van der Waals surface area contributed by atoms with E-state index in [4.69, 9.17) is 4.74 Å². The maximum absolute atomic E-state index is 13.0. The van der Waals surface area contributed by atoms with E-state index < -0.39 is 5.41 Å². The number of aldehydes is 1. The zero-order chi connectivity index (χ0) is 34.8. The lowest BCUT2D eigenvalue weighted by atomic mass is 9.32. The molecular weight excluding hydrogens is 590 g/mol. The van der Waals surface area contributed by atoms with Gasteiger partial charge in [-0.2, -0.15) is 0 Å². The van der Waals surface area contributed by atoms with E-state index in [-0.39, 0.29) is 29.3 Å². The number of ether oxygens (including phenoxy) is 1. The number of hydrogen-bond acceptors (Lipinski definition) is 4. The first kappa shape index (κ1) is 35.9. The molecule has 0 saturated heterocycles. The standard InChI is InChI=1S/C44H67NO3/c1-30(2)32-17-22-44(25-26-45-28-31-13-11-10-12-14-31)24-23-42(8)33(38(32)44)15-16-35-41(7)20-19-36(48-37(47)27-39(3,4)29-46)40(5,6)34(41)18-21-43(35,42)9/h10-14,29,32-36,38,45H,1,15-28H2,2-9H3/t32-,33?,34-,35+,36?,38+,41?,42+,43?,44?/m0/s1. The maximum atomic E-state index is 13.0. The van der Waals surface area contributed by atoms with Crippen LogP contribution in [0.2, 0.25) is 0 Å². The van der Waals surface area contributed by atoms with Gasteiger partial charge in [0.2, 0.25) is 0 Å². The van der Waals surface area contributed by atoms with Crippen molar-refractivity contribution in [3.05, 3.63) is 48.0 Å². The summed E-state index contributed by atoms with van der Waals surface area (Å²) in [5.41, 5.74) is 3.37. The molecule has 0 amide bonds. The van der Waals surface area contributed by atoms with Gasteiger partial charge in [0, 0.05) is 17.4 Å². The molecular formula is C44H67NO3. The first-order valence-electron chi connectivity index (χ1n) is 19.6. The van der Waals surface area contributed by atoms with Gasteiger partial charge in [0.25, 0.3) is 0 Å². The third kappa shape index (κ3) is 5.76. The van der Waals surface area contributed by atoms with Gasteiger partial charge in [-0.3, -0.25) is 4.79 Å². The minimum atomic E-state index is -0.677. The monoisotopic (exact) mass is 658 g/mol. The summed E-state index contributed by atoms with van der Waals surface area (Å²) in [6.45, 7) is 25.5. The molecule has 266 valence electrons. The molecule has 0 heterocycles. The van der Waals surface area contributed by atoms with Crippen LogP contribution in [0.25, 0.3) is 0 Å². The van der Waals surface area contributed by atoms with Crippen LogP contribution >= 0.6 is 0 Å². The quantitative estimate of drug-likeness (QED) is 0.118. The average molecular weight is 658 g/mol. The van der Waals surface area contributed by atoms with Gasteiger partial charge in [-0.05, 0) is 141 Å². The van der Waals surface area contributed by atoms with Crippen molar-refractivity contribution in [1.29, 1.82) is 0 Å². The first-order valence-corrected chi connectivity index (χ1v) is 19.6. The molecule has 6 rings (SSSR count). The molecule has 4 heteroatoms. The van der Waals surface area contributed by atoms with Gasteiger partial charge < -0.3 is 14.8 Å². The van der Waals surface area contributed by atoms with Gasteiger partial charge >= 0.3 is 5.97 Å². The van der Waals surface area contributed by atoms with E-state index in [9.17, 15) is 9.59 Å². The second kappa shape index (κ2) is 12.7. The summed E-state index contributed by atoms with van der Waals surface area (Å²) in [7, 11) is 0. The van der Waals surface area contributed by atoms with Crippen LogP contribution < -0.4 is 5.32 Å². The van der Waals surface area contributed by atoms with Gasteiger partial charge in [0.1, 0.15) is 12.4 Å². The van der Waals surface area contributed by atoms with Crippen molar-refractivity contribution in [2.24, 2.45) is 62.1 Å². The number of carbonyl (C=O) groups is 2. The van der Waals surface area contributed by atoms with E-state index in [0.717, 1.165) is 44.1 Å². The predicted molar refractivity (Wildman–Crippen MR) is 196 cm³/mol. The summed E-state index contributed by atoms with van der Waals surface area (Å²) < 4.78 is 6.25. The third-order valence-electron chi connectivity index (χ3n) is 16.3. The van der Waals surface area contributed by atoms with E-state index >= 15 is 0 Å². The molecule has 48 heavy (non-hydrogen) atoms. The normalized spacial score (nSPS) is 41.7. The second-order valence-corrected chi connectivity index (χ2v) is 19.6. The lowest BCUT2D eigenvalue weighted by Gasteiger charge is -2.73. The fraction of sp³-hybridized carbons (Fsp3) is 0.773. The van der Waals surface area contributed by atoms with Crippen molar-refractivity contribution >= 4 is 12.3 Å². The molecule has 1 aromatic rings. The molecule has 5 aliphatic carbocycles. The Bertz CT molecular complexity index is 1370. The molecule has 0 aliphatic heterocycles. The van der Waals surface area contributed by atoms with Gasteiger partial charge in [0.15, 0.2) is 0 Å². The summed E-state index contributed by atoms with van der Waals surface area (Å²) in [6.07, 6.45) is 14.9. The fourth-order valence-corrected chi connectivity index (χ4v) is 13.7. The van der Waals surface area contributed by atoms with E-state index in [2.05, 4.69) is 83.8 Å². The van der Waals surface area contributed by atoms with Gasteiger partial charge in [-0.1, -0.05) is 91.0 Å². The number of carbonyl (C=O) groups excluding carboxylic acids is 2. The van der Waals surface area contributed by atoms with Gasteiger partial charge in [-0.25, -0.2) is 0 Å². The first-order chi connectivity index (χ1) is 22.5. The molecule has 0 aromatic heterocycles. The van der Waals surface area contributed by atoms with Crippen LogP contribution in [0.1, 0.15) is 138 Å². The van der Waals surface area contributed by atoms with Gasteiger partial charge in [-0.15, -0.1) is 0 Å². The van der Waals surface area contributed by atoms with Crippen LogP contribution in [0.15, 0.2) is 42.5 Å². The van der Waals surface area contributed by atoms with Crippen molar-refractivity contribution in [2.45, 2.75) is 145 Å². The number of allylic oxidation sites excluding steroid dienone is 1. The summed E-state index contributed by atoms with van der Waals surface area (Å²) >= 11 is 0. The maximum Gasteiger partial charge on any atom is 0.307 e. The Hall–Kier alpha value is -1.94. The molecule has 4 nitrogen and oxygen atoms in total. The highest BCUT2D eigenvalue weighted by Gasteiger charge is 2.71.